The van der Waals surface area contributed by atoms with E-state index in [2.05, 4.69) is 27.4 Å². The predicted octanol–water partition coefficient (Wildman–Crippen LogP) is 5.20. The van der Waals surface area contributed by atoms with E-state index in [-0.39, 0.29) is 23.5 Å². The maximum absolute atomic E-state index is 13.0. The number of carbonyl (C=O) groups excluding carboxylic acids is 3. The number of nitrogens with one attached hydrogen (secondary N) is 2. The number of anilines is 1. The molecule has 39 heavy (non-hydrogen) atoms. The molecule has 0 bridgehead atoms. The number of aromatic nitrogens is 3. The molecule has 206 valence electrons. The number of carbonyl (C=O) groups is 3. The molecule has 0 fully saturated rings. The van der Waals surface area contributed by atoms with E-state index in [0.717, 1.165) is 12.0 Å². The molecule has 0 aliphatic heterocycles. The summed E-state index contributed by atoms with van der Waals surface area (Å²) in [4.78, 5) is 37.8. The van der Waals surface area contributed by atoms with E-state index in [4.69, 9.17) is 4.74 Å². The van der Waals surface area contributed by atoms with Crippen LogP contribution in [0.4, 0.5) is 5.69 Å². The molecule has 3 aromatic rings. The number of hydrogen-bond acceptors (Lipinski definition) is 7. The van der Waals surface area contributed by atoms with Gasteiger partial charge < -0.3 is 19.9 Å². The number of nitrogens with zero attached hydrogens (tertiary/aromatic N) is 3. The first-order chi connectivity index (χ1) is 18.7. The van der Waals surface area contributed by atoms with Crippen LogP contribution in [0.25, 0.3) is 0 Å². The van der Waals surface area contributed by atoms with Gasteiger partial charge in [-0.2, -0.15) is 0 Å². The third kappa shape index (κ3) is 8.28. The van der Waals surface area contributed by atoms with Gasteiger partial charge in [0.05, 0.1) is 24.0 Å². The van der Waals surface area contributed by atoms with E-state index in [0.29, 0.717) is 40.9 Å². The van der Waals surface area contributed by atoms with Crippen LogP contribution in [0.3, 0.4) is 0 Å². The van der Waals surface area contributed by atoms with Gasteiger partial charge in [-0.15, -0.1) is 16.8 Å². The fraction of sp³-hybridized carbons (Fsp3) is 0.345. The molecular weight excluding hydrogens is 514 g/mol. The van der Waals surface area contributed by atoms with Crippen molar-refractivity contribution in [2.45, 2.75) is 51.9 Å². The molecule has 1 atom stereocenters. The Kier molecular flexibility index (Phi) is 10.9. The standard InChI is InChI=1S/C29H35N5O4S/c1-6-14-34-26(25(19(3)4)31-27(36)21-11-8-10-20(5)16-21)32-33-29(34)39-18-24(35)30-23-13-9-12-22(17-23)28(37)38-15-7-2/h6,8-13,16-17,19,25H,1,7,14-15,18H2,2-5H3,(H,30,35)(H,31,36)/t25-/m1/s1. The van der Waals surface area contributed by atoms with Crippen molar-refractivity contribution in [3.8, 4) is 0 Å². The monoisotopic (exact) mass is 549 g/mol. The highest BCUT2D eigenvalue weighted by Crippen LogP contribution is 2.26. The van der Waals surface area contributed by atoms with Crippen LogP contribution in [0, 0.1) is 12.8 Å². The zero-order valence-electron chi connectivity index (χ0n) is 22.8. The first kappa shape index (κ1) is 29.6. The van der Waals surface area contributed by atoms with Gasteiger partial charge in [0.15, 0.2) is 11.0 Å². The number of hydrogen-bond donors (Lipinski definition) is 2. The quantitative estimate of drug-likeness (QED) is 0.171. The minimum atomic E-state index is -0.429. The Balaban J connectivity index is 1.70. The number of aryl methyl sites for hydroxylation is 1. The number of esters is 1. The van der Waals surface area contributed by atoms with Crippen molar-refractivity contribution in [2.75, 3.05) is 17.7 Å². The lowest BCUT2D eigenvalue weighted by atomic mass is 10.0. The minimum Gasteiger partial charge on any atom is -0.462 e. The first-order valence-electron chi connectivity index (χ1n) is 12.8. The fourth-order valence-electron chi connectivity index (χ4n) is 3.81. The molecule has 0 saturated heterocycles. The number of ether oxygens (including phenoxy) is 1. The van der Waals surface area contributed by atoms with Crippen LogP contribution >= 0.6 is 11.8 Å². The van der Waals surface area contributed by atoms with Crippen molar-refractivity contribution in [2.24, 2.45) is 5.92 Å². The molecule has 9 nitrogen and oxygen atoms in total. The predicted molar refractivity (Wildman–Crippen MR) is 153 cm³/mol. The molecule has 0 saturated carbocycles. The summed E-state index contributed by atoms with van der Waals surface area (Å²) in [5.74, 6) is -0.193. The fourth-order valence-corrected chi connectivity index (χ4v) is 4.56. The zero-order chi connectivity index (χ0) is 28.4. The maximum atomic E-state index is 13.0. The maximum Gasteiger partial charge on any atom is 0.338 e. The Labute approximate surface area is 233 Å². The summed E-state index contributed by atoms with van der Waals surface area (Å²) in [6.07, 6.45) is 2.45. The van der Waals surface area contributed by atoms with Crippen molar-refractivity contribution >= 4 is 35.2 Å². The molecule has 2 amide bonds. The number of benzene rings is 2. The van der Waals surface area contributed by atoms with Gasteiger partial charge in [-0.3, -0.25) is 9.59 Å². The summed E-state index contributed by atoms with van der Waals surface area (Å²) < 4.78 is 7.02. The molecular formula is C29H35N5O4S. The summed E-state index contributed by atoms with van der Waals surface area (Å²) in [7, 11) is 0. The van der Waals surface area contributed by atoms with Gasteiger partial charge in [-0.25, -0.2) is 4.79 Å². The highest BCUT2D eigenvalue weighted by atomic mass is 32.2. The van der Waals surface area contributed by atoms with Crippen LogP contribution < -0.4 is 10.6 Å². The second kappa shape index (κ2) is 14.3. The molecule has 0 aliphatic rings. The molecule has 0 spiro atoms. The third-order valence-corrected chi connectivity index (χ3v) is 6.69. The van der Waals surface area contributed by atoms with Crippen molar-refractivity contribution in [1.29, 1.82) is 0 Å². The number of amides is 2. The molecule has 0 unspecified atom stereocenters. The van der Waals surface area contributed by atoms with Gasteiger partial charge in [-0.1, -0.05) is 62.4 Å². The number of thioether (sulfide) groups is 1. The van der Waals surface area contributed by atoms with Gasteiger partial charge in [0.2, 0.25) is 5.91 Å². The van der Waals surface area contributed by atoms with Crippen LogP contribution in [0.15, 0.2) is 66.3 Å². The van der Waals surface area contributed by atoms with Crippen LogP contribution in [0.5, 0.6) is 0 Å². The zero-order valence-corrected chi connectivity index (χ0v) is 23.6. The summed E-state index contributed by atoms with van der Waals surface area (Å²) in [6.45, 7) is 12.5. The minimum absolute atomic E-state index is 0.0314. The van der Waals surface area contributed by atoms with Crippen molar-refractivity contribution in [1.82, 2.24) is 20.1 Å². The Bertz CT molecular complexity index is 1320. The highest BCUT2D eigenvalue weighted by Gasteiger charge is 2.26. The Morgan fingerprint density at radius 3 is 2.54 bits per heavy atom. The van der Waals surface area contributed by atoms with Crippen LogP contribution in [-0.4, -0.2) is 44.9 Å². The molecule has 0 aliphatic carbocycles. The lowest BCUT2D eigenvalue weighted by Crippen LogP contribution is -2.34. The van der Waals surface area contributed by atoms with Gasteiger partial charge in [0.1, 0.15) is 0 Å². The Morgan fingerprint density at radius 2 is 1.85 bits per heavy atom. The third-order valence-electron chi connectivity index (χ3n) is 5.72. The summed E-state index contributed by atoms with van der Waals surface area (Å²) in [5, 5.41) is 15.1. The van der Waals surface area contributed by atoms with E-state index in [1.54, 1.807) is 36.4 Å². The van der Waals surface area contributed by atoms with E-state index in [9.17, 15) is 14.4 Å². The van der Waals surface area contributed by atoms with Crippen LogP contribution in [0.2, 0.25) is 0 Å². The molecule has 0 radical (unpaired) electrons. The van der Waals surface area contributed by atoms with Gasteiger partial charge in [0.25, 0.3) is 5.91 Å². The van der Waals surface area contributed by atoms with Gasteiger partial charge in [0, 0.05) is 17.8 Å². The van der Waals surface area contributed by atoms with Gasteiger partial charge in [-0.05, 0) is 49.6 Å². The molecule has 3 rings (SSSR count). The summed E-state index contributed by atoms with van der Waals surface area (Å²) in [6, 6.07) is 13.6. The summed E-state index contributed by atoms with van der Waals surface area (Å²) >= 11 is 1.23. The van der Waals surface area contributed by atoms with E-state index >= 15 is 0 Å². The molecule has 1 aromatic heterocycles. The highest BCUT2D eigenvalue weighted by molar-refractivity contribution is 7.99. The lowest BCUT2D eigenvalue weighted by Gasteiger charge is -2.22. The number of rotatable bonds is 13. The Morgan fingerprint density at radius 1 is 1.10 bits per heavy atom. The lowest BCUT2D eigenvalue weighted by molar-refractivity contribution is -0.113. The molecule has 1 heterocycles. The van der Waals surface area contributed by atoms with E-state index in [1.165, 1.54) is 11.8 Å². The van der Waals surface area contributed by atoms with E-state index < -0.39 is 12.0 Å². The molecule has 10 heteroatoms. The van der Waals surface area contributed by atoms with Crippen molar-refractivity contribution in [3.05, 3.63) is 83.7 Å². The second-order valence-corrected chi connectivity index (χ2v) is 10.3. The smallest absolute Gasteiger partial charge is 0.338 e. The molecule has 2 aromatic carbocycles. The summed E-state index contributed by atoms with van der Waals surface area (Å²) in [5.41, 5.74) is 2.44. The van der Waals surface area contributed by atoms with Crippen molar-refractivity contribution in [3.63, 3.8) is 0 Å². The SMILES string of the molecule is C=CCn1c(SCC(=O)Nc2cccc(C(=O)OCCC)c2)nnc1[C@H](NC(=O)c1cccc(C)c1)C(C)C. The average Bonchev–Trinajstić information content (AvgIpc) is 3.31. The van der Waals surface area contributed by atoms with E-state index in [1.807, 2.05) is 50.5 Å². The second-order valence-electron chi connectivity index (χ2n) is 9.36. The first-order valence-corrected chi connectivity index (χ1v) is 13.8. The van der Waals surface area contributed by atoms with Crippen LogP contribution in [-0.2, 0) is 16.1 Å². The largest absolute Gasteiger partial charge is 0.462 e. The average molecular weight is 550 g/mol. The Hall–Kier alpha value is -3.92. The number of allylic oxidation sites excluding steroid dienone is 1. The topological polar surface area (TPSA) is 115 Å². The van der Waals surface area contributed by atoms with Crippen molar-refractivity contribution < 1.29 is 19.1 Å². The van der Waals surface area contributed by atoms with Crippen LogP contribution in [0.1, 0.15) is 65.3 Å². The van der Waals surface area contributed by atoms with Gasteiger partial charge >= 0.3 is 5.97 Å². The molecule has 2 N–H and O–H groups in total. The normalized spacial score (nSPS) is 11.6.